The highest BCUT2D eigenvalue weighted by Crippen LogP contribution is 2.22. The summed E-state index contributed by atoms with van der Waals surface area (Å²) in [6.07, 6.45) is 3.70. The van der Waals surface area contributed by atoms with Gasteiger partial charge >= 0.3 is 0 Å². The molecule has 34 heavy (non-hydrogen) atoms. The number of aromatic nitrogens is 1. The summed E-state index contributed by atoms with van der Waals surface area (Å²) in [6, 6.07) is 36.7. The fourth-order valence-electron chi connectivity index (χ4n) is 5.23. The predicted molar refractivity (Wildman–Crippen MR) is 142 cm³/mol. The van der Waals surface area contributed by atoms with E-state index in [1.165, 1.54) is 16.4 Å². The van der Waals surface area contributed by atoms with E-state index in [4.69, 9.17) is 4.84 Å². The second-order valence-electron chi connectivity index (χ2n) is 9.11. The van der Waals surface area contributed by atoms with Gasteiger partial charge in [-0.25, -0.2) is 0 Å². The number of unbranched alkanes of at least 4 members (excludes halogenated alkanes) is 1. The maximum atomic E-state index is 9.60. The highest BCUT2D eigenvalue weighted by Gasteiger charge is 2.33. The van der Waals surface area contributed by atoms with E-state index >= 15 is 0 Å². The van der Waals surface area contributed by atoms with Gasteiger partial charge in [0, 0.05) is 22.4 Å². The van der Waals surface area contributed by atoms with Gasteiger partial charge in [0.15, 0.2) is 6.10 Å². The fraction of sp³-hybridized carbons (Fsp3) is 0.233. The third-order valence-electron chi connectivity index (χ3n) is 6.87. The van der Waals surface area contributed by atoms with Gasteiger partial charge in [-0.1, -0.05) is 105 Å². The Bertz CT molecular complexity index is 1140. The van der Waals surface area contributed by atoms with Crippen LogP contribution < -0.4 is 26.0 Å². The van der Waals surface area contributed by atoms with E-state index in [1.807, 2.05) is 25.3 Å². The molecule has 4 heteroatoms. The molecule has 0 fully saturated rings. The van der Waals surface area contributed by atoms with Crippen LogP contribution in [0.4, 0.5) is 0 Å². The number of aliphatic hydroxyl groups is 1. The highest BCUT2D eigenvalue weighted by molar-refractivity contribution is 7.12. The van der Waals surface area contributed by atoms with Gasteiger partial charge in [-0.15, -0.1) is 0 Å². The molecule has 1 heterocycles. The average molecular weight is 451 g/mol. The lowest BCUT2D eigenvalue weighted by molar-refractivity contribution is -0.890. The van der Waals surface area contributed by atoms with Gasteiger partial charge in [0.05, 0.1) is 12.8 Å². The van der Waals surface area contributed by atoms with Crippen molar-refractivity contribution in [3.05, 3.63) is 109 Å². The van der Waals surface area contributed by atoms with Crippen LogP contribution in [0.25, 0.3) is 11.3 Å². The van der Waals surface area contributed by atoms with Gasteiger partial charge in [-0.3, -0.25) is 4.84 Å². The molecule has 0 bridgehead atoms. The quantitative estimate of drug-likeness (QED) is 0.295. The van der Waals surface area contributed by atoms with Crippen LogP contribution in [0, 0.1) is 0 Å². The van der Waals surface area contributed by atoms with Crippen LogP contribution in [0.15, 0.2) is 109 Å². The number of aliphatic hydroxyl groups excluding tert-OH is 1. The smallest absolute Gasteiger partial charge is 0.261 e. The summed E-state index contributed by atoms with van der Waals surface area (Å²) < 4.78 is 1.80. The Balaban J connectivity index is 2.01. The van der Waals surface area contributed by atoms with E-state index in [9.17, 15) is 5.11 Å². The second kappa shape index (κ2) is 11.2. The maximum absolute atomic E-state index is 9.60. The molecule has 1 aromatic heterocycles. The molecule has 1 atom stereocenters. The molecule has 0 aliphatic carbocycles. The van der Waals surface area contributed by atoms with Crippen LogP contribution in [0.2, 0.25) is 6.32 Å². The summed E-state index contributed by atoms with van der Waals surface area (Å²) in [4.78, 5) is 6.08. The van der Waals surface area contributed by atoms with Crippen molar-refractivity contribution in [3.8, 4) is 11.3 Å². The zero-order chi connectivity index (χ0) is 23.8. The summed E-state index contributed by atoms with van der Waals surface area (Å²) in [5.41, 5.74) is 6.14. The molecule has 4 rings (SSSR count). The lowest BCUT2D eigenvalue weighted by Crippen LogP contribution is -2.67. The molecule has 1 unspecified atom stereocenters. The van der Waals surface area contributed by atoms with Gasteiger partial charge in [0.1, 0.15) is 0 Å². The largest absolute Gasteiger partial charge is 0.392 e. The SMILES string of the molecule is CCCC[B-](c1ccccc1)(c1ccccc1)c1ccccc1-c1cccc[n+]1OC(C)CO. The van der Waals surface area contributed by atoms with Crippen molar-refractivity contribution in [1.82, 2.24) is 0 Å². The molecule has 3 aromatic carbocycles. The standard InChI is InChI=1S/C30H34BNO2/c1-3-4-22-31(26-15-7-5-8-16-26,27-17-9-6-10-18-27)29-20-12-11-19-28(29)30-21-13-14-23-32(30)34-25(2)24-33/h5-21,23,25,33H,3-4,22,24H2,1-2H3. The Labute approximate surface area is 203 Å². The van der Waals surface area contributed by atoms with Crippen LogP contribution in [0.3, 0.4) is 0 Å². The molecular weight excluding hydrogens is 417 g/mol. The van der Waals surface area contributed by atoms with Gasteiger partial charge in [-0.2, -0.15) is 22.7 Å². The van der Waals surface area contributed by atoms with Crippen molar-refractivity contribution >= 4 is 22.5 Å². The number of hydrogen-bond donors (Lipinski definition) is 1. The minimum Gasteiger partial charge on any atom is -0.392 e. The predicted octanol–water partition coefficient (Wildman–Crippen LogP) is 3.72. The molecule has 0 amide bonds. The molecule has 174 valence electrons. The van der Waals surface area contributed by atoms with Gasteiger partial charge < -0.3 is 5.11 Å². The minimum absolute atomic E-state index is 0.0403. The topological polar surface area (TPSA) is 33.3 Å². The molecule has 3 nitrogen and oxygen atoms in total. The monoisotopic (exact) mass is 451 g/mol. The third-order valence-corrected chi connectivity index (χ3v) is 6.87. The van der Waals surface area contributed by atoms with Gasteiger partial charge in [0.2, 0.25) is 6.20 Å². The van der Waals surface area contributed by atoms with E-state index in [0.29, 0.717) is 0 Å². The first kappa shape index (κ1) is 23.8. The highest BCUT2D eigenvalue weighted by atomic mass is 16.7. The Hall–Kier alpha value is -3.37. The Morgan fingerprint density at radius 1 is 0.794 bits per heavy atom. The Morgan fingerprint density at radius 3 is 2.00 bits per heavy atom. The summed E-state index contributed by atoms with van der Waals surface area (Å²) in [6.45, 7) is 4.10. The van der Waals surface area contributed by atoms with Crippen molar-refractivity contribution in [2.24, 2.45) is 0 Å². The van der Waals surface area contributed by atoms with Crippen LogP contribution in [0.1, 0.15) is 26.7 Å². The molecule has 1 N–H and O–H groups in total. The molecule has 0 aliphatic rings. The van der Waals surface area contributed by atoms with Crippen molar-refractivity contribution in [1.29, 1.82) is 0 Å². The van der Waals surface area contributed by atoms with E-state index in [0.717, 1.165) is 30.4 Å². The van der Waals surface area contributed by atoms with E-state index in [1.54, 1.807) is 4.73 Å². The lowest BCUT2D eigenvalue weighted by Gasteiger charge is -2.44. The Kier molecular flexibility index (Phi) is 7.82. The fourth-order valence-corrected chi connectivity index (χ4v) is 5.23. The van der Waals surface area contributed by atoms with E-state index in [2.05, 4.69) is 97.9 Å². The van der Waals surface area contributed by atoms with Crippen LogP contribution in [-0.2, 0) is 0 Å². The molecule has 4 aromatic rings. The van der Waals surface area contributed by atoms with Crippen LogP contribution in [0.5, 0.6) is 0 Å². The number of hydrogen-bond acceptors (Lipinski definition) is 2. The summed E-state index contributed by atoms with van der Waals surface area (Å²) >= 11 is 0. The molecule has 0 saturated heterocycles. The van der Waals surface area contributed by atoms with Crippen molar-refractivity contribution < 1.29 is 14.7 Å². The number of nitrogens with zero attached hydrogens (tertiary/aromatic N) is 1. The molecule has 0 spiro atoms. The number of rotatable bonds is 10. The van der Waals surface area contributed by atoms with Crippen LogP contribution in [-0.4, -0.2) is 24.0 Å². The minimum atomic E-state index is -1.24. The molecule has 0 saturated carbocycles. The first-order valence-corrected chi connectivity index (χ1v) is 12.4. The first-order valence-electron chi connectivity index (χ1n) is 12.4. The normalized spacial score (nSPS) is 12.3. The summed E-state index contributed by atoms with van der Waals surface area (Å²) in [5, 5.41) is 9.60. The van der Waals surface area contributed by atoms with E-state index in [-0.39, 0.29) is 12.7 Å². The first-order chi connectivity index (χ1) is 16.7. The van der Waals surface area contributed by atoms with E-state index < -0.39 is 6.15 Å². The number of pyridine rings is 1. The third kappa shape index (κ3) is 4.78. The second-order valence-corrected chi connectivity index (χ2v) is 9.11. The zero-order valence-electron chi connectivity index (χ0n) is 20.2. The molecule has 0 aliphatic heterocycles. The van der Waals surface area contributed by atoms with Gasteiger partial charge in [0.25, 0.3) is 5.69 Å². The van der Waals surface area contributed by atoms with Crippen molar-refractivity contribution in [2.75, 3.05) is 6.61 Å². The van der Waals surface area contributed by atoms with Crippen molar-refractivity contribution in [2.45, 2.75) is 39.1 Å². The van der Waals surface area contributed by atoms with Gasteiger partial charge in [-0.05, 0) is 13.0 Å². The molecular formula is C30H34BNO2. The molecule has 0 radical (unpaired) electrons. The maximum Gasteiger partial charge on any atom is 0.261 e. The number of benzene rings is 3. The van der Waals surface area contributed by atoms with Crippen molar-refractivity contribution in [3.63, 3.8) is 0 Å². The average Bonchev–Trinajstić information content (AvgIpc) is 2.91. The summed E-state index contributed by atoms with van der Waals surface area (Å²) in [5.74, 6) is 0. The Morgan fingerprint density at radius 2 is 1.38 bits per heavy atom. The zero-order valence-corrected chi connectivity index (χ0v) is 20.2. The summed E-state index contributed by atoms with van der Waals surface area (Å²) in [7, 11) is 0. The van der Waals surface area contributed by atoms with Crippen LogP contribution >= 0.6 is 0 Å². The lowest BCUT2D eigenvalue weighted by atomic mass is 9.13.